The minimum Gasteiger partial charge on any atom is -0.256 e. The molecule has 0 fully saturated rings. The van der Waals surface area contributed by atoms with Crippen LogP contribution in [0.3, 0.4) is 0 Å². The van der Waals surface area contributed by atoms with Crippen molar-refractivity contribution in [1.82, 2.24) is 9.97 Å². The summed E-state index contributed by atoms with van der Waals surface area (Å²) in [4.78, 5) is 8.81. The van der Waals surface area contributed by atoms with Gasteiger partial charge < -0.3 is 0 Å². The standard InChI is InChI=1S/C20H14N2/c1-3-7-19-17(5-1)15(11-13-21-19)9-10-16-12-14-22-20-8-4-2-6-18(16)20/h1-14H/b10-9-. The van der Waals surface area contributed by atoms with E-state index in [0.717, 1.165) is 11.0 Å². The number of benzene rings is 2. The number of hydrogen-bond acceptors (Lipinski definition) is 2. The second kappa shape index (κ2) is 5.41. The number of fused-ring (bicyclic) bond motifs is 2. The Balaban J connectivity index is 1.83. The zero-order valence-corrected chi connectivity index (χ0v) is 12.0. The van der Waals surface area contributed by atoms with E-state index < -0.39 is 0 Å². The topological polar surface area (TPSA) is 25.8 Å². The van der Waals surface area contributed by atoms with Gasteiger partial charge in [0.2, 0.25) is 0 Å². The van der Waals surface area contributed by atoms with Crippen molar-refractivity contribution in [2.75, 3.05) is 0 Å². The van der Waals surface area contributed by atoms with Crippen LogP contribution in [-0.4, -0.2) is 9.97 Å². The molecule has 0 saturated carbocycles. The summed E-state index contributed by atoms with van der Waals surface area (Å²) < 4.78 is 0. The molecule has 4 rings (SSSR count). The van der Waals surface area contributed by atoms with Crippen LogP contribution in [0.15, 0.2) is 73.1 Å². The number of para-hydroxylation sites is 2. The van der Waals surface area contributed by atoms with E-state index in [2.05, 4.69) is 34.3 Å². The Labute approximate surface area is 128 Å². The van der Waals surface area contributed by atoms with Crippen LogP contribution >= 0.6 is 0 Å². The first-order valence-corrected chi connectivity index (χ1v) is 7.27. The molecule has 22 heavy (non-hydrogen) atoms. The molecule has 0 unspecified atom stereocenters. The minimum atomic E-state index is 1.02. The van der Waals surface area contributed by atoms with Gasteiger partial charge in [0.05, 0.1) is 11.0 Å². The molecular weight excluding hydrogens is 268 g/mol. The summed E-state index contributed by atoms with van der Waals surface area (Å²) in [5.41, 5.74) is 4.38. The van der Waals surface area contributed by atoms with Crippen LogP contribution in [0.25, 0.3) is 34.0 Å². The lowest BCUT2D eigenvalue weighted by atomic mass is 10.1. The fraction of sp³-hybridized carbons (Fsp3) is 0. The Morgan fingerprint density at radius 1 is 0.545 bits per heavy atom. The zero-order chi connectivity index (χ0) is 14.8. The van der Waals surface area contributed by atoms with Crippen molar-refractivity contribution >= 4 is 34.0 Å². The second-order valence-corrected chi connectivity index (χ2v) is 5.17. The highest BCUT2D eigenvalue weighted by Crippen LogP contribution is 2.21. The molecule has 0 bridgehead atoms. The molecule has 0 amide bonds. The van der Waals surface area contributed by atoms with Gasteiger partial charge in [-0.1, -0.05) is 48.6 Å². The van der Waals surface area contributed by atoms with E-state index in [1.54, 1.807) is 0 Å². The van der Waals surface area contributed by atoms with E-state index in [1.807, 2.05) is 60.9 Å². The van der Waals surface area contributed by atoms with Gasteiger partial charge in [0.1, 0.15) is 0 Å². The molecule has 2 aromatic carbocycles. The number of rotatable bonds is 2. The Morgan fingerprint density at radius 3 is 1.50 bits per heavy atom. The predicted molar refractivity (Wildman–Crippen MR) is 92.4 cm³/mol. The normalized spacial score (nSPS) is 11.5. The summed E-state index contributed by atoms with van der Waals surface area (Å²) in [7, 11) is 0. The molecule has 2 heteroatoms. The first kappa shape index (κ1) is 12.7. The van der Waals surface area contributed by atoms with Crippen molar-refractivity contribution in [3.8, 4) is 0 Å². The molecule has 0 aliphatic carbocycles. The fourth-order valence-electron chi connectivity index (χ4n) is 2.71. The molecule has 0 spiro atoms. The third kappa shape index (κ3) is 2.25. The lowest BCUT2D eigenvalue weighted by Gasteiger charge is -2.03. The highest BCUT2D eigenvalue weighted by molar-refractivity contribution is 5.94. The van der Waals surface area contributed by atoms with Crippen LogP contribution in [0, 0.1) is 0 Å². The maximum atomic E-state index is 4.40. The van der Waals surface area contributed by atoms with E-state index in [4.69, 9.17) is 0 Å². The average Bonchev–Trinajstić information content (AvgIpc) is 2.60. The van der Waals surface area contributed by atoms with E-state index in [0.29, 0.717) is 0 Å². The Morgan fingerprint density at radius 2 is 1.00 bits per heavy atom. The summed E-state index contributed by atoms with van der Waals surface area (Å²) in [6.07, 6.45) is 8.00. The zero-order valence-electron chi connectivity index (χ0n) is 12.0. The third-order valence-electron chi connectivity index (χ3n) is 3.81. The number of nitrogens with zero attached hydrogens (tertiary/aromatic N) is 2. The van der Waals surface area contributed by atoms with Crippen LogP contribution < -0.4 is 0 Å². The molecule has 4 aromatic rings. The summed E-state index contributed by atoms with van der Waals surface area (Å²) in [6.45, 7) is 0. The highest BCUT2D eigenvalue weighted by Gasteiger charge is 2.00. The Kier molecular flexibility index (Phi) is 3.13. The molecule has 0 saturated heterocycles. The van der Waals surface area contributed by atoms with Gasteiger partial charge in [-0.25, -0.2) is 0 Å². The van der Waals surface area contributed by atoms with Crippen molar-refractivity contribution < 1.29 is 0 Å². The molecule has 0 radical (unpaired) electrons. The first-order chi connectivity index (χ1) is 10.9. The second-order valence-electron chi connectivity index (χ2n) is 5.17. The lowest BCUT2D eigenvalue weighted by molar-refractivity contribution is 1.40. The van der Waals surface area contributed by atoms with Crippen LogP contribution in [0.2, 0.25) is 0 Å². The summed E-state index contributed by atoms with van der Waals surface area (Å²) >= 11 is 0. The van der Waals surface area contributed by atoms with E-state index in [1.165, 1.54) is 21.9 Å². The molecule has 2 aromatic heterocycles. The van der Waals surface area contributed by atoms with Crippen molar-refractivity contribution in [2.24, 2.45) is 0 Å². The first-order valence-electron chi connectivity index (χ1n) is 7.27. The average molecular weight is 282 g/mol. The van der Waals surface area contributed by atoms with Crippen molar-refractivity contribution in [3.63, 3.8) is 0 Å². The third-order valence-corrected chi connectivity index (χ3v) is 3.81. The molecule has 0 aliphatic rings. The molecule has 0 atom stereocenters. The predicted octanol–water partition coefficient (Wildman–Crippen LogP) is 4.95. The van der Waals surface area contributed by atoms with Gasteiger partial charge >= 0.3 is 0 Å². The minimum absolute atomic E-state index is 1.02. The highest BCUT2D eigenvalue weighted by atomic mass is 14.6. The van der Waals surface area contributed by atoms with E-state index in [9.17, 15) is 0 Å². The van der Waals surface area contributed by atoms with Gasteiger partial charge in [0.15, 0.2) is 0 Å². The van der Waals surface area contributed by atoms with Gasteiger partial charge in [0.25, 0.3) is 0 Å². The van der Waals surface area contributed by atoms with Crippen molar-refractivity contribution in [1.29, 1.82) is 0 Å². The van der Waals surface area contributed by atoms with Crippen molar-refractivity contribution in [3.05, 3.63) is 84.2 Å². The van der Waals surface area contributed by atoms with Gasteiger partial charge in [-0.15, -0.1) is 0 Å². The summed E-state index contributed by atoms with van der Waals surface area (Å²) in [5, 5.41) is 2.33. The SMILES string of the molecule is C(=C/c1ccnc2ccccc12)/c1ccnc2ccccc12. The molecule has 104 valence electrons. The maximum Gasteiger partial charge on any atom is 0.0707 e. The Bertz CT molecular complexity index is 895. The smallest absolute Gasteiger partial charge is 0.0707 e. The van der Waals surface area contributed by atoms with Gasteiger partial charge in [0, 0.05) is 23.2 Å². The number of aromatic nitrogens is 2. The monoisotopic (exact) mass is 282 g/mol. The van der Waals surface area contributed by atoms with E-state index >= 15 is 0 Å². The van der Waals surface area contributed by atoms with Gasteiger partial charge in [-0.05, 0) is 35.4 Å². The molecular formula is C20H14N2. The number of hydrogen-bond donors (Lipinski definition) is 0. The van der Waals surface area contributed by atoms with Gasteiger partial charge in [-0.2, -0.15) is 0 Å². The number of pyridine rings is 2. The quantitative estimate of drug-likeness (QED) is 0.519. The van der Waals surface area contributed by atoms with Gasteiger partial charge in [-0.3, -0.25) is 9.97 Å². The fourth-order valence-corrected chi connectivity index (χ4v) is 2.71. The largest absolute Gasteiger partial charge is 0.256 e. The summed E-state index contributed by atoms with van der Waals surface area (Å²) in [6, 6.07) is 20.5. The van der Waals surface area contributed by atoms with Crippen LogP contribution in [-0.2, 0) is 0 Å². The summed E-state index contributed by atoms with van der Waals surface area (Å²) in [5.74, 6) is 0. The molecule has 0 aliphatic heterocycles. The van der Waals surface area contributed by atoms with Crippen LogP contribution in [0.1, 0.15) is 11.1 Å². The molecule has 0 N–H and O–H groups in total. The van der Waals surface area contributed by atoms with Crippen molar-refractivity contribution in [2.45, 2.75) is 0 Å². The van der Waals surface area contributed by atoms with Crippen LogP contribution in [0.5, 0.6) is 0 Å². The Hall–Kier alpha value is -3.00. The maximum absolute atomic E-state index is 4.40. The lowest BCUT2D eigenvalue weighted by Crippen LogP contribution is -1.83. The van der Waals surface area contributed by atoms with E-state index in [-0.39, 0.29) is 0 Å². The molecule has 2 nitrogen and oxygen atoms in total. The molecule has 2 heterocycles. The van der Waals surface area contributed by atoms with Crippen LogP contribution in [0.4, 0.5) is 0 Å².